The van der Waals surface area contributed by atoms with E-state index in [2.05, 4.69) is 218 Å². The van der Waals surface area contributed by atoms with Crippen molar-refractivity contribution in [3.8, 4) is 44.5 Å². The molecule has 12 aromatic carbocycles. The van der Waals surface area contributed by atoms with Crippen molar-refractivity contribution < 1.29 is 0 Å². The van der Waals surface area contributed by atoms with Gasteiger partial charge in [0.15, 0.2) is 0 Å². The van der Waals surface area contributed by atoms with E-state index in [0.29, 0.717) is 0 Å². The number of benzene rings is 12. The first-order valence-electron chi connectivity index (χ1n) is 22.9. The van der Waals surface area contributed by atoms with Crippen molar-refractivity contribution in [2.45, 2.75) is 0 Å². The molecular formula is C64H36S2Se. The molecule has 0 fully saturated rings. The molecule has 0 spiro atoms. The summed E-state index contributed by atoms with van der Waals surface area (Å²) in [4.78, 5) is 0. The van der Waals surface area contributed by atoms with Crippen LogP contribution in [0.15, 0.2) is 218 Å². The van der Waals surface area contributed by atoms with Crippen molar-refractivity contribution >= 4 is 140 Å². The Morgan fingerprint density at radius 3 is 0.940 bits per heavy atom. The second-order valence-electron chi connectivity index (χ2n) is 17.8. The first-order valence-corrected chi connectivity index (χ1v) is 26.2. The van der Waals surface area contributed by atoms with Gasteiger partial charge >= 0.3 is 344 Å². The van der Waals surface area contributed by atoms with Gasteiger partial charge in [-0.05, 0) is 12.1 Å². The van der Waals surface area contributed by atoms with E-state index in [4.69, 9.17) is 0 Å². The van der Waals surface area contributed by atoms with Gasteiger partial charge in [-0.2, -0.15) is 0 Å². The zero-order valence-electron chi connectivity index (χ0n) is 36.0. The van der Waals surface area contributed by atoms with Gasteiger partial charge in [-0.15, -0.1) is 0 Å². The average molecular weight is 948 g/mol. The zero-order chi connectivity index (χ0) is 43.7. The normalized spacial score (nSPS) is 12.2. The Labute approximate surface area is 400 Å². The minimum atomic E-state index is 0.184. The van der Waals surface area contributed by atoms with E-state index in [1.807, 2.05) is 22.7 Å². The molecule has 0 aliphatic carbocycles. The van der Waals surface area contributed by atoms with Crippen LogP contribution in [0.4, 0.5) is 0 Å². The Hall–Kier alpha value is -7.36. The average Bonchev–Trinajstić information content (AvgIpc) is 4.07. The molecule has 0 aliphatic heterocycles. The molecule has 0 saturated carbocycles. The van der Waals surface area contributed by atoms with Crippen molar-refractivity contribution in [3.63, 3.8) is 0 Å². The fourth-order valence-electron chi connectivity index (χ4n) is 11.4. The van der Waals surface area contributed by atoms with Gasteiger partial charge in [0.25, 0.3) is 0 Å². The van der Waals surface area contributed by atoms with E-state index in [1.165, 1.54) is 147 Å². The number of fused-ring (bicyclic) bond motifs is 13. The van der Waals surface area contributed by atoms with Crippen molar-refractivity contribution in [2.24, 2.45) is 0 Å². The van der Waals surface area contributed by atoms with E-state index >= 15 is 0 Å². The topological polar surface area (TPSA) is 0 Å². The fourth-order valence-corrected chi connectivity index (χ4v) is 16.0. The third-order valence-electron chi connectivity index (χ3n) is 14.2. The van der Waals surface area contributed by atoms with Gasteiger partial charge < -0.3 is 0 Å². The summed E-state index contributed by atoms with van der Waals surface area (Å²) in [5, 5.41) is 18.4. The van der Waals surface area contributed by atoms with Gasteiger partial charge in [-0.25, -0.2) is 0 Å². The Morgan fingerprint density at radius 1 is 0.209 bits per heavy atom. The molecule has 0 nitrogen and oxygen atoms in total. The predicted molar refractivity (Wildman–Crippen MR) is 296 cm³/mol. The molecule has 0 N–H and O–H groups in total. The molecule has 0 amide bonds. The molecular weight excluding hydrogens is 912 g/mol. The Balaban J connectivity index is 0.891. The monoisotopic (exact) mass is 948 g/mol. The molecule has 67 heavy (non-hydrogen) atoms. The molecule has 0 atom stereocenters. The van der Waals surface area contributed by atoms with Crippen LogP contribution in [0.25, 0.3) is 147 Å². The zero-order valence-corrected chi connectivity index (χ0v) is 39.4. The molecule has 0 bridgehead atoms. The van der Waals surface area contributed by atoms with Crippen LogP contribution in [-0.2, 0) is 0 Å². The van der Waals surface area contributed by atoms with Crippen molar-refractivity contribution in [1.29, 1.82) is 0 Å². The molecule has 0 unspecified atom stereocenters. The predicted octanol–water partition coefficient (Wildman–Crippen LogP) is 19.1. The number of hydrogen-bond acceptors (Lipinski definition) is 2. The van der Waals surface area contributed by atoms with Crippen molar-refractivity contribution in [1.82, 2.24) is 0 Å². The summed E-state index contributed by atoms with van der Waals surface area (Å²) < 4.78 is 8.24. The SMILES string of the molecule is c1ccc2c(c1)sc1cc(-c3c4ccccc4c(-c4ccc5c(c4)[se]c4ccc(-c6c7ccccc7c(-c7ccc8c(c7)sc7ccccc78)c7ccccc67)cc45)c4ccccc34)ccc12. The van der Waals surface area contributed by atoms with Crippen LogP contribution >= 0.6 is 22.7 Å². The van der Waals surface area contributed by atoms with Crippen molar-refractivity contribution in [3.05, 3.63) is 218 Å². The summed E-state index contributed by atoms with van der Waals surface area (Å²) in [6.07, 6.45) is 0. The summed E-state index contributed by atoms with van der Waals surface area (Å²) in [5.74, 6) is 0. The first-order chi connectivity index (χ1) is 33.2. The van der Waals surface area contributed by atoms with Gasteiger partial charge in [0.05, 0.1) is 0 Å². The summed E-state index contributed by atoms with van der Waals surface area (Å²) in [6, 6.07) is 82.6. The molecule has 15 rings (SSSR count). The van der Waals surface area contributed by atoms with Gasteiger partial charge in [-0.1, -0.05) is 36.4 Å². The van der Waals surface area contributed by atoms with E-state index in [9.17, 15) is 0 Å². The van der Waals surface area contributed by atoms with E-state index in [-0.39, 0.29) is 14.5 Å². The number of hydrogen-bond donors (Lipinski definition) is 0. The summed E-state index contributed by atoms with van der Waals surface area (Å²) >= 11 is 3.96. The molecule has 3 heterocycles. The second-order valence-corrected chi connectivity index (χ2v) is 22.3. The maximum atomic E-state index is 2.51. The van der Waals surface area contributed by atoms with Gasteiger partial charge in [0.2, 0.25) is 0 Å². The van der Waals surface area contributed by atoms with Crippen LogP contribution in [0.1, 0.15) is 0 Å². The standard InChI is InChI=1S/C64H36S2Se/c1-3-17-48-46(15-1)61(47-16-2-4-18-49(47)62(48)38-25-29-43-41-13-9-11-23-55(41)65-57(43)34-38)37-28-32-59-54(33-37)45-31-27-40(36-60(45)67-59)64-52-21-7-5-19-50(52)63(51-20-6-8-22-53(51)64)39-26-30-44-42-14-10-12-24-56(42)66-58(44)35-39/h1-36H. The third-order valence-corrected chi connectivity index (χ3v) is 18.9. The Bertz CT molecular complexity index is 4470. The van der Waals surface area contributed by atoms with Crippen LogP contribution in [0, 0.1) is 0 Å². The Morgan fingerprint density at radius 2 is 0.522 bits per heavy atom. The van der Waals surface area contributed by atoms with Crippen molar-refractivity contribution in [2.75, 3.05) is 0 Å². The van der Waals surface area contributed by atoms with Crippen LogP contribution < -0.4 is 0 Å². The van der Waals surface area contributed by atoms with E-state index in [0.717, 1.165) is 0 Å². The number of thiophene rings is 2. The van der Waals surface area contributed by atoms with Gasteiger partial charge in [-0.3, -0.25) is 0 Å². The fraction of sp³-hybridized carbons (Fsp3) is 0. The quantitative estimate of drug-likeness (QED) is 0.122. The maximum absolute atomic E-state index is 2.51. The van der Waals surface area contributed by atoms with E-state index in [1.54, 1.807) is 0 Å². The summed E-state index contributed by atoms with van der Waals surface area (Å²) in [5.41, 5.74) is 10.3. The first kappa shape index (κ1) is 37.8. The molecule has 3 heteroatoms. The molecule has 3 aromatic heterocycles. The molecule has 0 aliphatic rings. The van der Waals surface area contributed by atoms with Crippen LogP contribution in [-0.4, -0.2) is 14.5 Å². The number of rotatable bonds is 4. The Kier molecular flexibility index (Phi) is 8.22. The molecule has 15 aromatic rings. The minimum absolute atomic E-state index is 0.184. The summed E-state index contributed by atoms with van der Waals surface area (Å²) in [6.45, 7) is 0. The van der Waals surface area contributed by atoms with Crippen LogP contribution in [0.5, 0.6) is 0 Å². The van der Waals surface area contributed by atoms with Gasteiger partial charge in [0, 0.05) is 10.1 Å². The van der Waals surface area contributed by atoms with Crippen LogP contribution in [0.2, 0.25) is 0 Å². The molecule has 310 valence electrons. The van der Waals surface area contributed by atoms with E-state index < -0.39 is 0 Å². The van der Waals surface area contributed by atoms with Gasteiger partial charge in [0.1, 0.15) is 0 Å². The second kappa shape index (κ2) is 14.6. The van der Waals surface area contributed by atoms with Crippen LogP contribution in [0.3, 0.4) is 0 Å². The third kappa shape index (κ3) is 5.64. The molecule has 0 saturated heterocycles. The molecule has 0 radical (unpaired) electrons. The summed E-state index contributed by atoms with van der Waals surface area (Å²) in [7, 11) is 0.